The first-order valence-electron chi connectivity index (χ1n) is 9.34. The summed E-state index contributed by atoms with van der Waals surface area (Å²) >= 11 is 1.32. The second-order valence-electron chi connectivity index (χ2n) is 7.92. The Morgan fingerprint density at radius 3 is 2.35 bits per heavy atom. The minimum Gasteiger partial charge on any atom is -0.326 e. The normalized spacial score (nSPS) is 11.9. The number of hydrogen-bond acceptors (Lipinski definition) is 7. The van der Waals surface area contributed by atoms with E-state index in [0.717, 1.165) is 5.56 Å². The van der Waals surface area contributed by atoms with Gasteiger partial charge in [-0.2, -0.15) is 0 Å². The first-order chi connectivity index (χ1) is 14.5. The molecular formula is C21H22N4O4S2. The quantitative estimate of drug-likeness (QED) is 0.509. The molecular weight excluding hydrogens is 436 g/mol. The third-order valence-electron chi connectivity index (χ3n) is 4.02. The summed E-state index contributed by atoms with van der Waals surface area (Å²) in [5.41, 5.74) is 1.27. The lowest BCUT2D eigenvalue weighted by Crippen LogP contribution is -2.40. The molecule has 0 saturated heterocycles. The number of thiazole rings is 1. The van der Waals surface area contributed by atoms with E-state index < -0.39 is 15.6 Å². The number of nitrogens with zero attached hydrogens (tertiary/aromatic N) is 2. The molecule has 0 aliphatic carbocycles. The molecule has 0 spiro atoms. The molecule has 10 heteroatoms. The first kappa shape index (κ1) is 22.7. The number of carbonyl (C=O) groups is 1. The Balaban J connectivity index is 2.09. The summed E-state index contributed by atoms with van der Waals surface area (Å²) in [6.07, 6.45) is 1.61. The van der Waals surface area contributed by atoms with Crippen LogP contribution in [0.2, 0.25) is 0 Å². The van der Waals surface area contributed by atoms with E-state index in [9.17, 15) is 18.1 Å². The van der Waals surface area contributed by atoms with Gasteiger partial charge in [0, 0.05) is 35.5 Å². The largest absolute Gasteiger partial charge is 0.326 e. The van der Waals surface area contributed by atoms with Crippen molar-refractivity contribution in [1.29, 1.82) is 0 Å². The van der Waals surface area contributed by atoms with Crippen LogP contribution in [0.4, 0.5) is 11.4 Å². The van der Waals surface area contributed by atoms with E-state index in [4.69, 9.17) is 0 Å². The molecule has 0 saturated carbocycles. The van der Waals surface area contributed by atoms with Gasteiger partial charge in [-0.1, -0.05) is 6.07 Å². The molecule has 0 unspecified atom stereocenters. The van der Waals surface area contributed by atoms with Gasteiger partial charge in [0.25, 0.3) is 0 Å². The summed E-state index contributed by atoms with van der Waals surface area (Å²) in [6.45, 7) is 6.62. The van der Waals surface area contributed by atoms with Crippen LogP contribution in [-0.2, 0) is 14.8 Å². The van der Waals surface area contributed by atoms with Crippen molar-refractivity contribution in [3.63, 3.8) is 0 Å². The van der Waals surface area contributed by atoms with Crippen molar-refractivity contribution in [3.8, 4) is 21.0 Å². The van der Waals surface area contributed by atoms with E-state index in [0.29, 0.717) is 26.8 Å². The topological polar surface area (TPSA) is 118 Å². The maximum absolute atomic E-state index is 13.1. The van der Waals surface area contributed by atoms with Gasteiger partial charge in [0.15, 0.2) is 0 Å². The van der Waals surface area contributed by atoms with E-state index in [1.54, 1.807) is 63.4 Å². The average molecular weight is 459 g/mol. The molecule has 0 atom stereocenters. The zero-order valence-corrected chi connectivity index (χ0v) is 19.1. The lowest BCUT2D eigenvalue weighted by molar-refractivity contribution is -0.114. The maximum Gasteiger partial charge on any atom is 0.241 e. The van der Waals surface area contributed by atoms with Crippen molar-refractivity contribution in [2.24, 2.45) is 5.18 Å². The number of sulfonamides is 1. The lowest BCUT2D eigenvalue weighted by Gasteiger charge is -2.22. The summed E-state index contributed by atoms with van der Waals surface area (Å²) in [4.78, 5) is 27.2. The summed E-state index contributed by atoms with van der Waals surface area (Å²) < 4.78 is 29.0. The fourth-order valence-corrected chi connectivity index (χ4v) is 5.58. The van der Waals surface area contributed by atoms with Gasteiger partial charge in [-0.15, -0.1) is 16.2 Å². The Labute approximate surface area is 184 Å². The van der Waals surface area contributed by atoms with Gasteiger partial charge in [0.2, 0.25) is 15.9 Å². The van der Waals surface area contributed by atoms with E-state index >= 15 is 0 Å². The highest BCUT2D eigenvalue weighted by Gasteiger charge is 2.26. The number of amides is 1. The molecule has 31 heavy (non-hydrogen) atoms. The minimum absolute atomic E-state index is 0.0457. The number of benzene rings is 2. The molecule has 8 nitrogen and oxygen atoms in total. The van der Waals surface area contributed by atoms with Gasteiger partial charge in [0.05, 0.1) is 9.77 Å². The van der Waals surface area contributed by atoms with Gasteiger partial charge in [0.1, 0.15) is 10.7 Å². The van der Waals surface area contributed by atoms with Crippen molar-refractivity contribution in [1.82, 2.24) is 9.71 Å². The number of hydrogen-bond donors (Lipinski definition) is 2. The van der Waals surface area contributed by atoms with Crippen molar-refractivity contribution < 1.29 is 13.2 Å². The lowest BCUT2D eigenvalue weighted by atomic mass is 10.1. The predicted octanol–water partition coefficient (Wildman–Crippen LogP) is 4.91. The zero-order valence-electron chi connectivity index (χ0n) is 17.5. The van der Waals surface area contributed by atoms with Crippen molar-refractivity contribution in [2.75, 3.05) is 5.32 Å². The highest BCUT2D eigenvalue weighted by molar-refractivity contribution is 7.89. The summed E-state index contributed by atoms with van der Waals surface area (Å²) in [7, 11) is -3.89. The number of carbonyl (C=O) groups excluding carboxylic acids is 1. The molecule has 0 radical (unpaired) electrons. The fourth-order valence-electron chi connectivity index (χ4n) is 2.88. The second kappa shape index (κ2) is 8.66. The fraction of sp³-hybridized carbons (Fsp3) is 0.238. The van der Waals surface area contributed by atoms with E-state index in [-0.39, 0.29) is 10.8 Å². The van der Waals surface area contributed by atoms with Gasteiger partial charge in [-0.3, -0.25) is 4.79 Å². The van der Waals surface area contributed by atoms with Crippen LogP contribution in [0.3, 0.4) is 0 Å². The first-order valence-corrected chi connectivity index (χ1v) is 11.6. The molecule has 3 aromatic rings. The van der Waals surface area contributed by atoms with Crippen LogP contribution in [0, 0.1) is 4.91 Å². The Morgan fingerprint density at radius 1 is 1.10 bits per heavy atom. The van der Waals surface area contributed by atoms with Gasteiger partial charge in [-0.05, 0) is 62.3 Å². The minimum atomic E-state index is -3.89. The molecule has 0 fully saturated rings. The van der Waals surface area contributed by atoms with E-state index in [1.165, 1.54) is 24.3 Å². The molecule has 3 rings (SSSR count). The monoisotopic (exact) mass is 458 g/mol. The number of aromatic nitrogens is 1. The van der Waals surface area contributed by atoms with Crippen molar-refractivity contribution in [3.05, 3.63) is 53.6 Å². The van der Waals surface area contributed by atoms with Crippen molar-refractivity contribution >= 4 is 38.6 Å². The van der Waals surface area contributed by atoms with E-state index in [2.05, 4.69) is 20.2 Å². The van der Waals surface area contributed by atoms with Crippen LogP contribution in [0.1, 0.15) is 27.7 Å². The van der Waals surface area contributed by atoms with Crippen LogP contribution >= 0.6 is 11.3 Å². The number of rotatable bonds is 6. The van der Waals surface area contributed by atoms with Gasteiger partial charge in [-0.25, -0.2) is 18.1 Å². The third kappa shape index (κ3) is 5.60. The van der Waals surface area contributed by atoms with Crippen LogP contribution in [0.5, 0.6) is 0 Å². The standard InChI is InChI=1S/C21H22N4O4S2/c1-13(26)23-16-9-10-17(19(11-16)31(28,29)25-21(2,3)4)18-12-22-20(30-18)14-5-7-15(24-27)8-6-14/h5-12,25H,1-4H3,(H,23,26). The van der Waals surface area contributed by atoms with Gasteiger partial charge < -0.3 is 5.32 Å². The van der Waals surface area contributed by atoms with Crippen LogP contribution < -0.4 is 10.0 Å². The summed E-state index contributed by atoms with van der Waals surface area (Å²) in [6, 6.07) is 11.4. The Bertz CT molecular complexity index is 1230. The van der Waals surface area contributed by atoms with Crippen LogP contribution in [-0.4, -0.2) is 24.8 Å². The van der Waals surface area contributed by atoms with Crippen LogP contribution in [0.25, 0.3) is 21.0 Å². The predicted molar refractivity (Wildman–Crippen MR) is 123 cm³/mol. The molecule has 1 aromatic heterocycles. The van der Waals surface area contributed by atoms with Crippen molar-refractivity contribution in [2.45, 2.75) is 38.1 Å². The highest BCUT2D eigenvalue weighted by Crippen LogP contribution is 2.37. The third-order valence-corrected chi connectivity index (χ3v) is 6.90. The van der Waals surface area contributed by atoms with Gasteiger partial charge >= 0.3 is 0 Å². The number of nitrogens with one attached hydrogen (secondary N) is 2. The molecule has 1 heterocycles. The summed E-state index contributed by atoms with van der Waals surface area (Å²) in [5, 5.41) is 6.18. The number of anilines is 1. The zero-order chi connectivity index (χ0) is 22.8. The average Bonchev–Trinajstić information content (AvgIpc) is 3.16. The molecule has 0 aliphatic rings. The SMILES string of the molecule is CC(=O)Nc1ccc(-c2cnc(-c3ccc(N=O)cc3)s2)c(S(=O)(=O)NC(C)(C)C)c1. The maximum atomic E-state index is 13.1. The second-order valence-corrected chi connectivity index (χ2v) is 10.6. The van der Waals surface area contributed by atoms with E-state index in [1.807, 2.05) is 0 Å². The molecule has 162 valence electrons. The Morgan fingerprint density at radius 2 is 1.77 bits per heavy atom. The highest BCUT2D eigenvalue weighted by atomic mass is 32.2. The van der Waals surface area contributed by atoms with Crippen LogP contribution in [0.15, 0.2) is 58.7 Å². The Hall–Kier alpha value is -2.95. The number of nitroso groups, excluding NO2 is 1. The molecule has 2 aromatic carbocycles. The molecule has 0 aliphatic heterocycles. The molecule has 2 N–H and O–H groups in total. The summed E-state index contributed by atoms with van der Waals surface area (Å²) in [5.74, 6) is -0.298. The molecule has 1 amide bonds. The smallest absolute Gasteiger partial charge is 0.241 e. The Kier molecular flexibility index (Phi) is 6.35. The molecule has 0 bridgehead atoms.